The van der Waals surface area contributed by atoms with Crippen molar-refractivity contribution in [3.63, 3.8) is 0 Å². The molecule has 1 aliphatic rings. The van der Waals surface area contributed by atoms with Crippen LogP contribution in [0.2, 0.25) is 0 Å². The average Bonchev–Trinajstić information content (AvgIpc) is 2.40. The lowest BCUT2D eigenvalue weighted by Crippen LogP contribution is -2.34. The Balaban J connectivity index is 0.000000191. The summed E-state index contributed by atoms with van der Waals surface area (Å²) < 4.78 is 29.2. The molecule has 1 fully saturated rings. The molecule has 1 aromatic rings. The number of benzene rings is 1. The zero-order chi connectivity index (χ0) is 14.3. The highest BCUT2D eigenvalue weighted by molar-refractivity contribution is 7.85. The number of hydrogen-bond acceptors (Lipinski definition) is 3. The summed E-state index contributed by atoms with van der Waals surface area (Å²) in [5.41, 5.74) is 0. The number of rotatable bonds is 1. The van der Waals surface area contributed by atoms with Gasteiger partial charge < -0.3 is 10.0 Å². The van der Waals surface area contributed by atoms with Gasteiger partial charge in [-0.3, -0.25) is 4.55 Å². The van der Waals surface area contributed by atoms with Gasteiger partial charge in [-0.15, -0.1) is 0 Å². The van der Waals surface area contributed by atoms with E-state index in [0.29, 0.717) is 0 Å². The maximum Gasteiger partial charge on any atom is 0.407 e. The van der Waals surface area contributed by atoms with Crippen LogP contribution in [0.1, 0.15) is 19.3 Å². The molecule has 0 unspecified atom stereocenters. The highest BCUT2D eigenvalue weighted by Crippen LogP contribution is 2.07. The molecular formula is C12H17NO5S. The predicted molar refractivity (Wildman–Crippen MR) is 69.7 cm³/mol. The molecular weight excluding hydrogens is 270 g/mol. The summed E-state index contributed by atoms with van der Waals surface area (Å²) in [7, 11) is -4.00. The summed E-state index contributed by atoms with van der Waals surface area (Å²) in [5.74, 6) is 0. The molecule has 1 aliphatic heterocycles. The monoisotopic (exact) mass is 287 g/mol. The normalized spacial score (nSPS) is 15.3. The Morgan fingerprint density at radius 3 is 1.89 bits per heavy atom. The molecule has 106 valence electrons. The van der Waals surface area contributed by atoms with Crippen LogP contribution in [0.5, 0.6) is 0 Å². The second-order valence-corrected chi connectivity index (χ2v) is 5.54. The Labute approximate surface area is 112 Å². The first-order valence-electron chi connectivity index (χ1n) is 5.91. The molecule has 0 aliphatic carbocycles. The highest BCUT2D eigenvalue weighted by Gasteiger charge is 2.13. The third kappa shape index (κ3) is 5.71. The van der Waals surface area contributed by atoms with Gasteiger partial charge in [-0.25, -0.2) is 4.79 Å². The smallest absolute Gasteiger partial charge is 0.407 e. The van der Waals surface area contributed by atoms with Crippen molar-refractivity contribution in [2.45, 2.75) is 24.2 Å². The van der Waals surface area contributed by atoms with Crippen LogP contribution in [-0.2, 0) is 10.1 Å². The molecule has 6 nitrogen and oxygen atoms in total. The second-order valence-electron chi connectivity index (χ2n) is 4.12. The first-order valence-corrected chi connectivity index (χ1v) is 7.35. The average molecular weight is 287 g/mol. The minimum atomic E-state index is -4.00. The molecule has 0 saturated carbocycles. The fourth-order valence-corrected chi connectivity index (χ4v) is 2.18. The first kappa shape index (κ1) is 15.5. The zero-order valence-electron chi connectivity index (χ0n) is 10.4. The van der Waals surface area contributed by atoms with Crippen LogP contribution in [-0.4, -0.2) is 42.2 Å². The zero-order valence-corrected chi connectivity index (χ0v) is 11.2. The topological polar surface area (TPSA) is 94.9 Å². The van der Waals surface area contributed by atoms with E-state index in [1.165, 1.54) is 23.5 Å². The van der Waals surface area contributed by atoms with E-state index in [9.17, 15) is 13.2 Å². The van der Waals surface area contributed by atoms with Crippen LogP contribution >= 0.6 is 0 Å². The summed E-state index contributed by atoms with van der Waals surface area (Å²) in [5, 5.41) is 8.46. The van der Waals surface area contributed by atoms with E-state index in [0.717, 1.165) is 25.9 Å². The lowest BCUT2D eigenvalue weighted by molar-refractivity contribution is 0.136. The number of amides is 1. The van der Waals surface area contributed by atoms with Gasteiger partial charge in [-0.2, -0.15) is 8.42 Å². The molecule has 7 heteroatoms. The summed E-state index contributed by atoms with van der Waals surface area (Å²) >= 11 is 0. The largest absolute Gasteiger partial charge is 0.465 e. The van der Waals surface area contributed by atoms with E-state index in [2.05, 4.69) is 0 Å². The molecule has 0 radical (unpaired) electrons. The van der Waals surface area contributed by atoms with Crippen molar-refractivity contribution in [2.24, 2.45) is 0 Å². The second kappa shape index (κ2) is 7.10. The SMILES string of the molecule is O=C(O)N1CCCCC1.O=S(=O)(O)c1ccccc1. The van der Waals surface area contributed by atoms with Gasteiger partial charge in [0.05, 0.1) is 4.90 Å². The summed E-state index contributed by atoms with van der Waals surface area (Å²) in [6.45, 7) is 1.46. The van der Waals surface area contributed by atoms with Crippen LogP contribution in [0.3, 0.4) is 0 Å². The summed E-state index contributed by atoms with van der Waals surface area (Å²) in [4.78, 5) is 11.7. The summed E-state index contributed by atoms with van der Waals surface area (Å²) in [6.07, 6.45) is 2.48. The third-order valence-corrected chi connectivity index (χ3v) is 3.54. The van der Waals surface area contributed by atoms with Gasteiger partial charge in [-0.05, 0) is 31.4 Å². The fourth-order valence-electron chi connectivity index (χ4n) is 1.68. The van der Waals surface area contributed by atoms with E-state index in [1.807, 2.05) is 0 Å². The van der Waals surface area contributed by atoms with E-state index >= 15 is 0 Å². The van der Waals surface area contributed by atoms with Crippen LogP contribution < -0.4 is 0 Å². The van der Waals surface area contributed by atoms with Gasteiger partial charge in [0.2, 0.25) is 0 Å². The predicted octanol–water partition coefficient (Wildman–Crippen LogP) is 2.08. The third-order valence-electron chi connectivity index (χ3n) is 2.67. The lowest BCUT2D eigenvalue weighted by atomic mass is 10.1. The van der Waals surface area contributed by atoms with Gasteiger partial charge in [-0.1, -0.05) is 18.2 Å². The molecule has 0 aromatic heterocycles. The van der Waals surface area contributed by atoms with Crippen molar-refractivity contribution in [1.82, 2.24) is 4.90 Å². The van der Waals surface area contributed by atoms with Crippen molar-refractivity contribution in [1.29, 1.82) is 0 Å². The van der Waals surface area contributed by atoms with Crippen molar-refractivity contribution < 1.29 is 22.9 Å². The minimum Gasteiger partial charge on any atom is -0.465 e. The van der Waals surface area contributed by atoms with E-state index < -0.39 is 16.2 Å². The molecule has 1 aromatic carbocycles. The van der Waals surface area contributed by atoms with Gasteiger partial charge in [0.1, 0.15) is 0 Å². The molecule has 19 heavy (non-hydrogen) atoms. The van der Waals surface area contributed by atoms with Gasteiger partial charge in [0.15, 0.2) is 0 Å². The number of hydrogen-bond donors (Lipinski definition) is 2. The number of piperidine rings is 1. The fraction of sp³-hybridized carbons (Fsp3) is 0.417. The van der Waals surface area contributed by atoms with E-state index in [4.69, 9.17) is 9.66 Å². The molecule has 0 spiro atoms. The maximum absolute atomic E-state index is 10.4. The number of nitrogens with zero attached hydrogens (tertiary/aromatic N) is 1. The Morgan fingerprint density at radius 1 is 1.05 bits per heavy atom. The number of carboxylic acid groups (broad SMARTS) is 1. The van der Waals surface area contributed by atoms with Crippen molar-refractivity contribution in [3.8, 4) is 0 Å². The van der Waals surface area contributed by atoms with Crippen LogP contribution in [0.15, 0.2) is 35.2 Å². The molecule has 1 amide bonds. The Hall–Kier alpha value is -1.60. The number of likely N-dealkylation sites (tertiary alicyclic amines) is 1. The van der Waals surface area contributed by atoms with Crippen LogP contribution in [0.4, 0.5) is 4.79 Å². The quantitative estimate of drug-likeness (QED) is 0.771. The lowest BCUT2D eigenvalue weighted by Gasteiger charge is -2.22. The van der Waals surface area contributed by atoms with Gasteiger partial charge in [0, 0.05) is 13.1 Å². The Kier molecular flexibility index (Phi) is 5.78. The molecule has 1 heterocycles. The van der Waals surface area contributed by atoms with E-state index in [-0.39, 0.29) is 4.90 Å². The summed E-state index contributed by atoms with van der Waals surface area (Å²) in [6, 6.07) is 7.42. The molecule has 2 N–H and O–H groups in total. The number of carbonyl (C=O) groups is 1. The van der Waals surface area contributed by atoms with E-state index in [1.54, 1.807) is 18.2 Å². The van der Waals surface area contributed by atoms with Crippen molar-refractivity contribution in [3.05, 3.63) is 30.3 Å². The van der Waals surface area contributed by atoms with Crippen molar-refractivity contribution >= 4 is 16.2 Å². The van der Waals surface area contributed by atoms with Crippen LogP contribution in [0.25, 0.3) is 0 Å². The highest BCUT2D eigenvalue weighted by atomic mass is 32.2. The molecule has 0 atom stereocenters. The molecule has 2 rings (SSSR count). The maximum atomic E-state index is 10.4. The Morgan fingerprint density at radius 2 is 1.58 bits per heavy atom. The van der Waals surface area contributed by atoms with Gasteiger partial charge in [0.25, 0.3) is 10.1 Å². The molecule has 0 bridgehead atoms. The van der Waals surface area contributed by atoms with Gasteiger partial charge >= 0.3 is 6.09 Å². The Bertz CT molecular complexity index is 494. The van der Waals surface area contributed by atoms with Crippen molar-refractivity contribution in [2.75, 3.05) is 13.1 Å². The minimum absolute atomic E-state index is 0.0741. The first-order chi connectivity index (χ1) is 8.91. The molecule has 1 saturated heterocycles. The standard InChI is InChI=1S/C6H11NO2.C6H6O3S/c8-6(9)7-4-2-1-3-5-7;7-10(8,9)6-4-2-1-3-5-6/h1-5H2,(H,8,9);1-5H,(H,7,8,9). The van der Waals surface area contributed by atoms with Crippen LogP contribution in [0, 0.1) is 0 Å².